The fraction of sp³-hybridized carbons (Fsp3) is 0.475. The van der Waals surface area contributed by atoms with E-state index in [4.69, 9.17) is 10.5 Å². The average molecular weight is 640 g/mol. The molecule has 2 aromatic carbocycles. The van der Waals surface area contributed by atoms with E-state index < -0.39 is 12.2 Å². The van der Waals surface area contributed by atoms with Crippen molar-refractivity contribution in [2.45, 2.75) is 95.7 Å². The van der Waals surface area contributed by atoms with Gasteiger partial charge in [-0.05, 0) is 135 Å². The predicted molar refractivity (Wildman–Crippen MR) is 188 cm³/mol. The van der Waals surface area contributed by atoms with Crippen LogP contribution in [0.5, 0.6) is 11.5 Å². The number of H-pyrrole nitrogens is 1. The zero-order valence-electron chi connectivity index (χ0n) is 27.8. The summed E-state index contributed by atoms with van der Waals surface area (Å²) in [6, 6.07) is 24.1. The minimum atomic E-state index is -0.583. The molecule has 0 saturated heterocycles. The van der Waals surface area contributed by atoms with Gasteiger partial charge in [-0.3, -0.25) is 0 Å². The third-order valence-electron chi connectivity index (χ3n) is 10.2. The minimum absolute atomic E-state index is 0.101. The molecule has 0 radical (unpaired) electrons. The highest BCUT2D eigenvalue weighted by atomic mass is 16.5. The number of nitrogen functional groups attached to an aromatic ring is 1. The lowest BCUT2D eigenvalue weighted by Gasteiger charge is -2.25. The van der Waals surface area contributed by atoms with Gasteiger partial charge in [0.25, 0.3) is 0 Å². The molecule has 4 aromatic rings. The SMILES string of the molecule is CC(Cc1ccccc1)C1CCCC(C(O)CC(O)CCc2ccc(O)c(OCCC(Cc3ccc[nH]3)c3ccnc(N)c3)c2)CC1. The van der Waals surface area contributed by atoms with E-state index >= 15 is 0 Å². The number of nitrogens with two attached hydrogens (primary N) is 1. The molecule has 252 valence electrons. The highest BCUT2D eigenvalue weighted by molar-refractivity contribution is 5.42. The number of nitrogens with zero attached hydrogens (tertiary/aromatic N) is 1. The molecule has 2 heterocycles. The Morgan fingerprint density at radius 2 is 1.70 bits per heavy atom. The van der Waals surface area contributed by atoms with Gasteiger partial charge < -0.3 is 30.8 Å². The van der Waals surface area contributed by atoms with Gasteiger partial charge in [-0.15, -0.1) is 0 Å². The Kier molecular flexibility index (Phi) is 12.8. The smallest absolute Gasteiger partial charge is 0.161 e. The minimum Gasteiger partial charge on any atom is -0.504 e. The van der Waals surface area contributed by atoms with Crippen LogP contribution in [-0.2, 0) is 19.3 Å². The van der Waals surface area contributed by atoms with Crippen LogP contribution in [0.1, 0.15) is 86.6 Å². The number of hydrogen-bond donors (Lipinski definition) is 5. The number of ether oxygens (including phenoxy) is 1. The number of aryl methyl sites for hydroxylation is 1. The van der Waals surface area contributed by atoms with Crippen LogP contribution in [0.3, 0.4) is 0 Å². The van der Waals surface area contributed by atoms with Crippen LogP contribution in [0.2, 0.25) is 0 Å². The van der Waals surface area contributed by atoms with Crippen LogP contribution in [0.15, 0.2) is 85.2 Å². The molecule has 6 N–H and O–H groups in total. The van der Waals surface area contributed by atoms with Crippen molar-refractivity contribution in [2.24, 2.45) is 17.8 Å². The molecule has 6 unspecified atom stereocenters. The van der Waals surface area contributed by atoms with Crippen LogP contribution in [0.25, 0.3) is 0 Å². The fourth-order valence-corrected chi connectivity index (χ4v) is 7.39. The van der Waals surface area contributed by atoms with Crippen molar-refractivity contribution in [1.29, 1.82) is 0 Å². The van der Waals surface area contributed by atoms with Gasteiger partial charge >= 0.3 is 0 Å². The second-order valence-electron chi connectivity index (χ2n) is 13.7. The van der Waals surface area contributed by atoms with Crippen LogP contribution < -0.4 is 10.5 Å². The molecular formula is C40H53N3O4. The monoisotopic (exact) mass is 639 g/mol. The first-order valence-corrected chi connectivity index (χ1v) is 17.5. The van der Waals surface area contributed by atoms with E-state index in [1.807, 2.05) is 36.5 Å². The maximum absolute atomic E-state index is 11.1. The fourth-order valence-electron chi connectivity index (χ4n) is 7.39. The molecule has 5 rings (SSSR count). The number of aromatic hydroxyl groups is 1. The molecule has 0 aliphatic heterocycles. The predicted octanol–water partition coefficient (Wildman–Crippen LogP) is 7.61. The quantitative estimate of drug-likeness (QED) is 0.0804. The van der Waals surface area contributed by atoms with Crippen LogP contribution >= 0.6 is 0 Å². The number of pyridine rings is 1. The Balaban J connectivity index is 1.07. The molecule has 47 heavy (non-hydrogen) atoms. The molecule has 7 nitrogen and oxygen atoms in total. The molecule has 0 bridgehead atoms. The van der Waals surface area contributed by atoms with E-state index in [0.29, 0.717) is 49.3 Å². The van der Waals surface area contributed by atoms with Crippen LogP contribution in [0, 0.1) is 17.8 Å². The number of aliphatic hydroxyl groups is 2. The third-order valence-corrected chi connectivity index (χ3v) is 10.2. The Hall–Kier alpha value is -3.81. The first-order chi connectivity index (χ1) is 22.8. The lowest BCUT2D eigenvalue weighted by Crippen LogP contribution is -2.26. The summed E-state index contributed by atoms with van der Waals surface area (Å²) in [6.45, 7) is 2.80. The van der Waals surface area contributed by atoms with E-state index in [2.05, 4.69) is 53.3 Å². The zero-order valence-corrected chi connectivity index (χ0v) is 27.8. The molecule has 0 spiro atoms. The number of aromatic nitrogens is 2. The van der Waals surface area contributed by atoms with Gasteiger partial charge in [-0.1, -0.05) is 56.2 Å². The first-order valence-electron chi connectivity index (χ1n) is 17.5. The summed E-state index contributed by atoms with van der Waals surface area (Å²) < 4.78 is 6.09. The molecule has 1 saturated carbocycles. The van der Waals surface area contributed by atoms with E-state index in [-0.39, 0.29) is 17.6 Å². The summed E-state index contributed by atoms with van der Waals surface area (Å²) in [5.74, 6) is 2.77. The number of phenols is 1. The van der Waals surface area contributed by atoms with Gasteiger partial charge in [0.05, 0.1) is 18.8 Å². The Labute approximate surface area is 280 Å². The molecule has 1 fully saturated rings. The summed E-state index contributed by atoms with van der Waals surface area (Å²) in [5.41, 5.74) is 10.6. The van der Waals surface area contributed by atoms with E-state index in [9.17, 15) is 15.3 Å². The molecule has 1 aliphatic carbocycles. The number of aromatic amines is 1. The second kappa shape index (κ2) is 17.4. The van der Waals surface area contributed by atoms with Crippen LogP contribution in [0.4, 0.5) is 5.82 Å². The van der Waals surface area contributed by atoms with Crippen molar-refractivity contribution in [3.63, 3.8) is 0 Å². The first kappa shape index (κ1) is 34.5. The average Bonchev–Trinajstić information content (AvgIpc) is 3.45. The number of aliphatic hydroxyl groups excluding tert-OH is 2. The van der Waals surface area contributed by atoms with E-state index in [0.717, 1.165) is 61.8 Å². The van der Waals surface area contributed by atoms with Crippen molar-refractivity contribution >= 4 is 5.82 Å². The van der Waals surface area contributed by atoms with Gasteiger partial charge in [0.15, 0.2) is 11.5 Å². The Morgan fingerprint density at radius 1 is 0.894 bits per heavy atom. The lowest BCUT2D eigenvalue weighted by molar-refractivity contribution is 0.0350. The molecule has 1 aliphatic rings. The second-order valence-corrected chi connectivity index (χ2v) is 13.7. The zero-order chi connectivity index (χ0) is 33.0. The summed E-state index contributed by atoms with van der Waals surface area (Å²) in [6.07, 6.45) is 12.4. The number of nitrogens with one attached hydrogen (secondary N) is 1. The van der Waals surface area contributed by atoms with Crippen molar-refractivity contribution in [3.05, 3.63) is 108 Å². The number of anilines is 1. The lowest BCUT2D eigenvalue weighted by atomic mass is 9.83. The normalized spacial score (nSPS) is 19.4. The third kappa shape index (κ3) is 10.6. The highest BCUT2D eigenvalue weighted by Crippen LogP contribution is 2.36. The van der Waals surface area contributed by atoms with Crippen molar-refractivity contribution in [3.8, 4) is 11.5 Å². The maximum atomic E-state index is 11.1. The maximum Gasteiger partial charge on any atom is 0.161 e. The van der Waals surface area contributed by atoms with Gasteiger partial charge in [-0.25, -0.2) is 4.98 Å². The Bertz CT molecular complexity index is 1480. The summed E-state index contributed by atoms with van der Waals surface area (Å²) in [5, 5.41) is 32.5. The molecule has 0 amide bonds. The van der Waals surface area contributed by atoms with E-state index in [1.54, 1.807) is 12.3 Å². The van der Waals surface area contributed by atoms with Crippen molar-refractivity contribution < 1.29 is 20.1 Å². The molecule has 2 aromatic heterocycles. The molecule has 7 heteroatoms. The number of hydrogen-bond acceptors (Lipinski definition) is 6. The largest absolute Gasteiger partial charge is 0.504 e. The van der Waals surface area contributed by atoms with Crippen molar-refractivity contribution in [2.75, 3.05) is 12.3 Å². The summed E-state index contributed by atoms with van der Waals surface area (Å²) >= 11 is 0. The summed E-state index contributed by atoms with van der Waals surface area (Å²) in [4.78, 5) is 7.42. The van der Waals surface area contributed by atoms with Gasteiger partial charge in [0.1, 0.15) is 5.82 Å². The highest BCUT2D eigenvalue weighted by Gasteiger charge is 2.28. The summed E-state index contributed by atoms with van der Waals surface area (Å²) in [7, 11) is 0. The van der Waals surface area contributed by atoms with Crippen molar-refractivity contribution in [1.82, 2.24) is 9.97 Å². The standard InChI is InChI=1S/C40H53N3O4/c1-28(23-29-7-3-2-4-8-29)31-9-5-10-32(15-14-31)38(46)27-36(44)16-12-30-13-17-37(45)39(24-30)47-22-19-34(25-35-11-6-20-42-35)33-18-21-43-40(41)26-33/h2-4,6-8,11,13,17-18,20-21,24,26,28,31-32,34,36,38,42,44-46H,5,9-10,12,14-16,19,22-23,25,27H2,1H3,(H2,41,43). The number of rotatable bonds is 16. The topological polar surface area (TPSA) is 125 Å². The molecular weight excluding hydrogens is 586 g/mol. The molecule has 6 atom stereocenters. The number of benzene rings is 2. The van der Waals surface area contributed by atoms with Gasteiger partial charge in [0.2, 0.25) is 0 Å². The van der Waals surface area contributed by atoms with Gasteiger partial charge in [0, 0.05) is 18.1 Å². The van der Waals surface area contributed by atoms with E-state index in [1.165, 1.54) is 12.0 Å². The number of phenolic OH excluding ortho intramolecular Hbond substituents is 1. The van der Waals surface area contributed by atoms with Crippen LogP contribution in [-0.4, -0.2) is 44.1 Å². The Morgan fingerprint density at radius 3 is 2.49 bits per heavy atom. The van der Waals surface area contributed by atoms with Gasteiger partial charge in [-0.2, -0.15) is 0 Å².